The van der Waals surface area contributed by atoms with E-state index in [1.165, 1.54) is 7.05 Å². The molecule has 0 heterocycles. The van der Waals surface area contributed by atoms with Crippen molar-refractivity contribution in [3.63, 3.8) is 0 Å². The molecule has 1 aromatic rings. The van der Waals surface area contributed by atoms with Gasteiger partial charge in [0, 0.05) is 18.7 Å². The van der Waals surface area contributed by atoms with Crippen molar-refractivity contribution in [3.05, 3.63) is 42.0 Å². The van der Waals surface area contributed by atoms with Crippen molar-refractivity contribution in [2.75, 3.05) is 7.05 Å². The topological polar surface area (TPSA) is 24.7 Å². The van der Waals surface area contributed by atoms with Crippen LogP contribution in [-0.4, -0.2) is 13.2 Å². The number of rotatable bonds is 2. The van der Waals surface area contributed by atoms with Crippen LogP contribution in [0.25, 0.3) is 5.70 Å². The van der Waals surface area contributed by atoms with E-state index in [0.717, 1.165) is 0 Å². The fourth-order valence-electron chi connectivity index (χ4n) is 1.04. The van der Waals surface area contributed by atoms with Gasteiger partial charge < -0.3 is 0 Å². The average Bonchev–Trinajstić information content (AvgIpc) is 2.17. The molecule has 0 bridgehead atoms. The molecule has 1 rings (SSSR count). The molecule has 0 aromatic heterocycles. The molecule has 0 amide bonds. The first-order valence-electron chi connectivity index (χ1n) is 4.18. The van der Waals surface area contributed by atoms with Gasteiger partial charge in [-0.15, -0.1) is 0 Å². The Kier molecular flexibility index (Phi) is 3.60. The van der Waals surface area contributed by atoms with Crippen molar-refractivity contribution in [2.24, 2.45) is 10.2 Å². The molecule has 80 valence electrons. The van der Waals surface area contributed by atoms with Crippen molar-refractivity contribution in [2.45, 2.75) is 6.18 Å². The SMILES string of the molecule is CN=N/C(=C/C(F)(F)F)c1ccccc1. The van der Waals surface area contributed by atoms with Crippen LogP contribution in [0, 0.1) is 0 Å². The standard InChI is InChI=1S/C10H9F3N2/c1-14-15-9(7-10(11,12)13)8-5-3-2-4-6-8/h2-7H,1H3/b9-7+,15-14?. The fourth-order valence-corrected chi connectivity index (χ4v) is 1.04. The molecule has 0 saturated carbocycles. The lowest BCUT2D eigenvalue weighted by Crippen LogP contribution is -2.02. The minimum absolute atomic E-state index is 0.134. The lowest BCUT2D eigenvalue weighted by atomic mass is 10.1. The summed E-state index contributed by atoms with van der Waals surface area (Å²) >= 11 is 0. The number of hydrogen-bond donors (Lipinski definition) is 0. The minimum atomic E-state index is -4.39. The smallest absolute Gasteiger partial charge is 0.192 e. The Labute approximate surface area is 85.1 Å². The van der Waals surface area contributed by atoms with Crippen LogP contribution in [-0.2, 0) is 0 Å². The van der Waals surface area contributed by atoms with Crippen LogP contribution in [0.2, 0.25) is 0 Å². The Morgan fingerprint density at radius 1 is 1.20 bits per heavy atom. The number of allylic oxidation sites excluding steroid dienone is 1. The predicted octanol–water partition coefficient (Wildman–Crippen LogP) is 3.67. The van der Waals surface area contributed by atoms with Crippen molar-refractivity contribution in [3.8, 4) is 0 Å². The van der Waals surface area contributed by atoms with Gasteiger partial charge in [0.1, 0.15) is 0 Å². The Balaban J connectivity index is 3.10. The molecule has 0 fully saturated rings. The summed E-state index contributed by atoms with van der Waals surface area (Å²) in [5.41, 5.74) is 0.200. The highest BCUT2D eigenvalue weighted by molar-refractivity contribution is 5.64. The van der Waals surface area contributed by atoms with E-state index in [9.17, 15) is 13.2 Å². The molecule has 2 nitrogen and oxygen atoms in total. The number of azo groups is 1. The van der Waals surface area contributed by atoms with Gasteiger partial charge in [0.05, 0.1) is 5.70 Å². The summed E-state index contributed by atoms with van der Waals surface area (Å²) in [7, 11) is 1.33. The van der Waals surface area contributed by atoms with E-state index < -0.39 is 6.18 Å². The molecule has 0 spiro atoms. The molecular formula is C10H9F3N2. The van der Waals surface area contributed by atoms with E-state index >= 15 is 0 Å². The van der Waals surface area contributed by atoms with E-state index in [2.05, 4.69) is 10.2 Å². The van der Waals surface area contributed by atoms with E-state index in [4.69, 9.17) is 0 Å². The second-order valence-electron chi connectivity index (χ2n) is 2.74. The molecule has 1 aromatic carbocycles. The third-order valence-corrected chi connectivity index (χ3v) is 1.58. The molecule has 15 heavy (non-hydrogen) atoms. The minimum Gasteiger partial charge on any atom is -0.192 e. The Bertz CT molecular complexity index is 366. The summed E-state index contributed by atoms with van der Waals surface area (Å²) in [6, 6.07) is 8.10. The quantitative estimate of drug-likeness (QED) is 0.671. The lowest BCUT2D eigenvalue weighted by Gasteiger charge is -2.03. The molecule has 0 radical (unpaired) electrons. The number of alkyl halides is 3. The summed E-state index contributed by atoms with van der Waals surface area (Å²) in [6.07, 6.45) is -4.26. The second kappa shape index (κ2) is 4.72. The maximum atomic E-state index is 12.1. The van der Waals surface area contributed by atoms with E-state index in [0.29, 0.717) is 5.56 Å². The zero-order valence-corrected chi connectivity index (χ0v) is 7.99. The third kappa shape index (κ3) is 3.93. The lowest BCUT2D eigenvalue weighted by molar-refractivity contribution is -0.0794. The Morgan fingerprint density at radius 3 is 2.27 bits per heavy atom. The first-order valence-corrected chi connectivity index (χ1v) is 4.18. The van der Waals surface area contributed by atoms with Gasteiger partial charge in [0.15, 0.2) is 0 Å². The van der Waals surface area contributed by atoms with Gasteiger partial charge in [-0.1, -0.05) is 30.3 Å². The van der Waals surface area contributed by atoms with Crippen LogP contribution in [0.3, 0.4) is 0 Å². The molecular weight excluding hydrogens is 205 g/mol. The van der Waals surface area contributed by atoms with Crippen LogP contribution >= 0.6 is 0 Å². The molecule has 0 atom stereocenters. The van der Waals surface area contributed by atoms with Crippen molar-refractivity contribution in [1.82, 2.24) is 0 Å². The number of hydrogen-bond acceptors (Lipinski definition) is 2. The van der Waals surface area contributed by atoms with E-state index in [-0.39, 0.29) is 11.8 Å². The first-order chi connectivity index (χ1) is 7.03. The average molecular weight is 214 g/mol. The largest absolute Gasteiger partial charge is 0.411 e. The van der Waals surface area contributed by atoms with Crippen molar-refractivity contribution < 1.29 is 13.2 Å². The zero-order valence-electron chi connectivity index (χ0n) is 7.99. The number of halogens is 3. The third-order valence-electron chi connectivity index (χ3n) is 1.58. The van der Waals surface area contributed by atoms with Gasteiger partial charge in [-0.3, -0.25) is 0 Å². The molecule has 0 aliphatic heterocycles. The van der Waals surface area contributed by atoms with Gasteiger partial charge >= 0.3 is 6.18 Å². The summed E-state index contributed by atoms with van der Waals surface area (Å²) in [4.78, 5) is 0. The van der Waals surface area contributed by atoms with Gasteiger partial charge in [0.25, 0.3) is 0 Å². The maximum absolute atomic E-state index is 12.1. The van der Waals surface area contributed by atoms with Crippen LogP contribution in [0.4, 0.5) is 13.2 Å². The van der Waals surface area contributed by atoms with Crippen LogP contribution in [0.1, 0.15) is 5.56 Å². The molecule has 0 aliphatic carbocycles. The zero-order chi connectivity index (χ0) is 11.3. The van der Waals surface area contributed by atoms with Gasteiger partial charge in [-0.2, -0.15) is 23.4 Å². The highest BCUT2D eigenvalue weighted by Gasteiger charge is 2.25. The predicted molar refractivity (Wildman–Crippen MR) is 51.3 cm³/mol. The van der Waals surface area contributed by atoms with Gasteiger partial charge in [-0.05, 0) is 0 Å². The summed E-state index contributed by atoms with van der Waals surface area (Å²) in [5, 5.41) is 6.80. The normalized spacial score (nSPS) is 13.5. The summed E-state index contributed by atoms with van der Waals surface area (Å²) < 4.78 is 36.4. The van der Waals surface area contributed by atoms with E-state index in [1.54, 1.807) is 30.3 Å². The summed E-state index contributed by atoms with van der Waals surface area (Å²) in [5.74, 6) is 0. The maximum Gasteiger partial charge on any atom is 0.411 e. The van der Waals surface area contributed by atoms with Gasteiger partial charge in [0.2, 0.25) is 0 Å². The monoisotopic (exact) mass is 214 g/mol. The Hall–Kier alpha value is -1.65. The molecule has 0 saturated heterocycles. The Morgan fingerprint density at radius 2 is 1.80 bits per heavy atom. The fraction of sp³-hybridized carbons (Fsp3) is 0.200. The van der Waals surface area contributed by atoms with Crippen LogP contribution in [0.5, 0.6) is 0 Å². The first kappa shape index (κ1) is 11.4. The molecule has 5 heteroatoms. The highest BCUT2D eigenvalue weighted by Crippen LogP contribution is 2.24. The second-order valence-corrected chi connectivity index (χ2v) is 2.74. The van der Waals surface area contributed by atoms with Gasteiger partial charge in [-0.25, -0.2) is 0 Å². The summed E-state index contributed by atoms with van der Waals surface area (Å²) in [6.45, 7) is 0. The van der Waals surface area contributed by atoms with Crippen molar-refractivity contribution >= 4 is 5.70 Å². The molecule has 0 N–H and O–H groups in total. The molecule has 0 aliphatic rings. The van der Waals surface area contributed by atoms with Crippen LogP contribution in [0.15, 0.2) is 46.6 Å². The molecule has 0 unspecified atom stereocenters. The van der Waals surface area contributed by atoms with Crippen molar-refractivity contribution in [1.29, 1.82) is 0 Å². The number of benzene rings is 1. The van der Waals surface area contributed by atoms with Crippen LogP contribution < -0.4 is 0 Å². The van der Waals surface area contributed by atoms with E-state index in [1.807, 2.05) is 0 Å². The highest BCUT2D eigenvalue weighted by atomic mass is 19.4. The number of nitrogens with zero attached hydrogens (tertiary/aromatic N) is 2.